The Morgan fingerprint density at radius 1 is 1.42 bits per heavy atom. The number of phenols is 1. The first-order valence-electron chi connectivity index (χ1n) is 5.86. The largest absolute Gasteiger partial charge is 0.506 e. The monoisotopic (exact) mass is 280 g/mol. The van der Waals surface area contributed by atoms with Crippen LogP contribution >= 0.6 is 11.6 Å². The van der Waals surface area contributed by atoms with Crippen molar-refractivity contribution < 1.29 is 14.7 Å². The SMILES string of the molecule is CCCN1C(=O)N/C(=C/c2ccc(O)c(Cl)c2)C1=O. The number of amides is 3. The number of benzene rings is 1. The third-order valence-electron chi connectivity index (χ3n) is 2.69. The molecule has 0 aromatic heterocycles. The highest BCUT2D eigenvalue weighted by Gasteiger charge is 2.32. The van der Waals surface area contributed by atoms with Crippen molar-refractivity contribution in [3.05, 3.63) is 34.5 Å². The van der Waals surface area contributed by atoms with Gasteiger partial charge in [0, 0.05) is 6.54 Å². The molecule has 1 saturated heterocycles. The summed E-state index contributed by atoms with van der Waals surface area (Å²) in [5.74, 6) is -0.380. The lowest BCUT2D eigenvalue weighted by Gasteiger charge is -2.08. The van der Waals surface area contributed by atoms with Crippen LogP contribution in [-0.4, -0.2) is 28.5 Å². The minimum Gasteiger partial charge on any atom is -0.506 e. The Morgan fingerprint density at radius 3 is 2.79 bits per heavy atom. The van der Waals surface area contributed by atoms with Crippen LogP contribution in [0.2, 0.25) is 5.02 Å². The molecule has 1 heterocycles. The second kappa shape index (κ2) is 5.32. The van der Waals surface area contributed by atoms with E-state index in [4.69, 9.17) is 11.6 Å². The molecule has 19 heavy (non-hydrogen) atoms. The van der Waals surface area contributed by atoms with E-state index in [9.17, 15) is 14.7 Å². The van der Waals surface area contributed by atoms with Crippen molar-refractivity contribution in [2.24, 2.45) is 0 Å². The molecule has 0 atom stereocenters. The molecule has 5 nitrogen and oxygen atoms in total. The number of hydrogen-bond acceptors (Lipinski definition) is 3. The van der Waals surface area contributed by atoms with Gasteiger partial charge in [-0.15, -0.1) is 0 Å². The summed E-state index contributed by atoms with van der Waals surface area (Å²) in [6.07, 6.45) is 2.23. The number of aromatic hydroxyl groups is 1. The van der Waals surface area contributed by atoms with Gasteiger partial charge in [-0.25, -0.2) is 4.79 Å². The molecule has 6 heteroatoms. The molecule has 0 aliphatic carbocycles. The zero-order chi connectivity index (χ0) is 14.0. The molecule has 1 aromatic rings. The fraction of sp³-hybridized carbons (Fsp3) is 0.231. The number of halogens is 1. The van der Waals surface area contributed by atoms with E-state index in [1.165, 1.54) is 18.2 Å². The van der Waals surface area contributed by atoms with Gasteiger partial charge in [0.1, 0.15) is 11.4 Å². The molecule has 2 N–H and O–H groups in total. The van der Waals surface area contributed by atoms with Gasteiger partial charge in [-0.1, -0.05) is 24.6 Å². The van der Waals surface area contributed by atoms with Gasteiger partial charge in [0.25, 0.3) is 5.91 Å². The summed E-state index contributed by atoms with van der Waals surface area (Å²) < 4.78 is 0. The first-order valence-corrected chi connectivity index (χ1v) is 6.23. The summed E-state index contributed by atoms with van der Waals surface area (Å²) in [4.78, 5) is 24.7. The fourth-order valence-electron chi connectivity index (χ4n) is 1.78. The van der Waals surface area contributed by atoms with Gasteiger partial charge >= 0.3 is 6.03 Å². The lowest BCUT2D eigenvalue weighted by Crippen LogP contribution is -2.31. The summed E-state index contributed by atoms with van der Waals surface area (Å²) >= 11 is 5.78. The topological polar surface area (TPSA) is 69.6 Å². The van der Waals surface area contributed by atoms with Crippen LogP contribution in [0, 0.1) is 0 Å². The van der Waals surface area contributed by atoms with Crippen LogP contribution in [0.25, 0.3) is 6.08 Å². The smallest absolute Gasteiger partial charge is 0.329 e. The van der Waals surface area contributed by atoms with E-state index in [0.29, 0.717) is 18.5 Å². The molecular weight excluding hydrogens is 268 g/mol. The highest BCUT2D eigenvalue weighted by atomic mass is 35.5. The van der Waals surface area contributed by atoms with Gasteiger partial charge in [-0.2, -0.15) is 0 Å². The van der Waals surface area contributed by atoms with E-state index in [0.717, 1.165) is 4.90 Å². The molecule has 0 radical (unpaired) electrons. The van der Waals surface area contributed by atoms with Crippen LogP contribution in [0.4, 0.5) is 4.79 Å². The number of phenolic OH excluding ortho intramolecular Hbond substituents is 1. The molecule has 1 aliphatic rings. The lowest BCUT2D eigenvalue weighted by atomic mass is 10.2. The predicted octanol–water partition coefficient (Wildman–Crippen LogP) is 2.35. The van der Waals surface area contributed by atoms with Crippen molar-refractivity contribution in [2.45, 2.75) is 13.3 Å². The average molecular weight is 281 g/mol. The van der Waals surface area contributed by atoms with Gasteiger partial charge in [-0.05, 0) is 30.2 Å². The Morgan fingerprint density at radius 2 is 2.16 bits per heavy atom. The first kappa shape index (κ1) is 13.4. The first-order chi connectivity index (χ1) is 9.02. The van der Waals surface area contributed by atoms with Crippen LogP contribution in [0.1, 0.15) is 18.9 Å². The van der Waals surface area contributed by atoms with Crippen molar-refractivity contribution in [3.63, 3.8) is 0 Å². The molecule has 0 spiro atoms. The molecule has 3 amide bonds. The van der Waals surface area contributed by atoms with E-state index in [2.05, 4.69) is 5.32 Å². The molecule has 100 valence electrons. The van der Waals surface area contributed by atoms with Gasteiger partial charge < -0.3 is 10.4 Å². The summed E-state index contributed by atoms with van der Waals surface area (Å²) in [6, 6.07) is 4.14. The number of urea groups is 1. The number of nitrogens with one attached hydrogen (secondary N) is 1. The van der Waals surface area contributed by atoms with Gasteiger partial charge in [0.15, 0.2) is 0 Å². The summed E-state index contributed by atoms with van der Waals surface area (Å²) in [5.41, 5.74) is 0.838. The zero-order valence-corrected chi connectivity index (χ0v) is 11.1. The summed E-state index contributed by atoms with van der Waals surface area (Å²) in [7, 11) is 0. The van der Waals surface area contributed by atoms with E-state index in [1.807, 2.05) is 6.92 Å². The molecule has 0 unspecified atom stereocenters. The molecule has 1 fully saturated rings. The molecule has 1 aliphatic heterocycles. The average Bonchev–Trinajstić information content (AvgIpc) is 2.62. The van der Waals surface area contributed by atoms with E-state index >= 15 is 0 Å². The van der Waals surface area contributed by atoms with E-state index in [-0.39, 0.29) is 22.4 Å². The second-order valence-corrected chi connectivity index (χ2v) is 4.56. The van der Waals surface area contributed by atoms with Crippen molar-refractivity contribution in [1.29, 1.82) is 0 Å². The highest BCUT2D eigenvalue weighted by Crippen LogP contribution is 2.25. The number of nitrogens with zero attached hydrogens (tertiary/aromatic N) is 1. The fourth-order valence-corrected chi connectivity index (χ4v) is 1.97. The van der Waals surface area contributed by atoms with Crippen LogP contribution in [-0.2, 0) is 4.79 Å². The quantitative estimate of drug-likeness (QED) is 0.659. The Kier molecular flexibility index (Phi) is 3.76. The number of hydrogen-bond donors (Lipinski definition) is 2. The molecule has 0 bridgehead atoms. The maximum atomic E-state index is 12.0. The van der Waals surface area contributed by atoms with Crippen molar-refractivity contribution in [1.82, 2.24) is 10.2 Å². The van der Waals surface area contributed by atoms with Gasteiger partial charge in [0.2, 0.25) is 0 Å². The number of carbonyl (C=O) groups is 2. The highest BCUT2D eigenvalue weighted by molar-refractivity contribution is 6.32. The number of imide groups is 1. The lowest BCUT2D eigenvalue weighted by molar-refractivity contribution is -0.122. The molecule has 0 saturated carbocycles. The number of rotatable bonds is 3. The molecule has 2 rings (SSSR count). The third kappa shape index (κ3) is 2.71. The molecular formula is C13H13ClN2O3. The van der Waals surface area contributed by atoms with E-state index < -0.39 is 6.03 Å². The summed E-state index contributed by atoms with van der Waals surface area (Å²) in [6.45, 7) is 2.28. The Hall–Kier alpha value is -2.01. The van der Waals surface area contributed by atoms with Gasteiger partial charge in [0.05, 0.1) is 5.02 Å². The Bertz CT molecular complexity index is 569. The van der Waals surface area contributed by atoms with Crippen LogP contribution in [0.5, 0.6) is 5.75 Å². The molecule has 1 aromatic carbocycles. The third-order valence-corrected chi connectivity index (χ3v) is 3.00. The second-order valence-electron chi connectivity index (χ2n) is 4.16. The minimum absolute atomic E-state index is 0.0294. The summed E-state index contributed by atoms with van der Waals surface area (Å²) in [5, 5.41) is 12.0. The van der Waals surface area contributed by atoms with Gasteiger partial charge in [-0.3, -0.25) is 9.69 Å². The Labute approximate surface area is 115 Å². The van der Waals surface area contributed by atoms with Crippen molar-refractivity contribution in [2.75, 3.05) is 6.54 Å². The maximum absolute atomic E-state index is 12.0. The van der Waals surface area contributed by atoms with Crippen LogP contribution < -0.4 is 5.32 Å². The van der Waals surface area contributed by atoms with Crippen molar-refractivity contribution in [3.8, 4) is 5.75 Å². The standard InChI is InChI=1S/C13H13ClN2O3/c1-2-5-16-12(18)10(15-13(16)19)7-8-3-4-11(17)9(14)6-8/h3-4,6-7,17H,2,5H2,1H3,(H,15,19)/b10-7+. The minimum atomic E-state index is -0.414. The van der Waals surface area contributed by atoms with Crippen molar-refractivity contribution >= 4 is 29.6 Å². The number of carbonyl (C=O) groups excluding carboxylic acids is 2. The normalized spacial score (nSPS) is 17.2. The maximum Gasteiger partial charge on any atom is 0.329 e. The predicted molar refractivity (Wildman–Crippen MR) is 71.6 cm³/mol. The zero-order valence-electron chi connectivity index (χ0n) is 10.3. The van der Waals surface area contributed by atoms with Crippen LogP contribution in [0.3, 0.4) is 0 Å². The Balaban J connectivity index is 2.27. The van der Waals surface area contributed by atoms with E-state index in [1.54, 1.807) is 6.07 Å². The van der Waals surface area contributed by atoms with Crippen LogP contribution in [0.15, 0.2) is 23.9 Å².